The number of hydrogen-bond donors (Lipinski definition) is 3. The SMILES string of the molecule is OB(O)O.c1ccc2c(c1)ccc1c3c(ccc12)CCCC3. The summed E-state index contributed by atoms with van der Waals surface area (Å²) in [6.07, 6.45) is 5.22. The quantitative estimate of drug-likeness (QED) is 0.441. The molecule has 0 fully saturated rings. The molecule has 0 aromatic heterocycles. The molecular formula is C18H19BO3. The van der Waals surface area contributed by atoms with Gasteiger partial charge in [0, 0.05) is 0 Å². The van der Waals surface area contributed by atoms with Gasteiger partial charge in [0.1, 0.15) is 0 Å². The fourth-order valence-corrected chi connectivity index (χ4v) is 3.34. The van der Waals surface area contributed by atoms with Crippen molar-refractivity contribution in [2.45, 2.75) is 25.7 Å². The van der Waals surface area contributed by atoms with E-state index in [4.69, 9.17) is 15.1 Å². The minimum Gasteiger partial charge on any atom is -0.402 e. The van der Waals surface area contributed by atoms with Gasteiger partial charge in [-0.25, -0.2) is 0 Å². The predicted molar refractivity (Wildman–Crippen MR) is 90.5 cm³/mol. The van der Waals surface area contributed by atoms with Crippen LogP contribution in [0.1, 0.15) is 24.0 Å². The maximum atomic E-state index is 7.17. The minimum atomic E-state index is -2.17. The van der Waals surface area contributed by atoms with Gasteiger partial charge in [0.05, 0.1) is 0 Å². The summed E-state index contributed by atoms with van der Waals surface area (Å²) in [5.41, 5.74) is 3.17. The van der Waals surface area contributed by atoms with Gasteiger partial charge < -0.3 is 15.1 Å². The molecule has 3 nitrogen and oxygen atoms in total. The molecule has 1 aliphatic rings. The molecule has 3 aromatic carbocycles. The molecule has 0 bridgehead atoms. The van der Waals surface area contributed by atoms with Crippen molar-refractivity contribution in [2.75, 3.05) is 0 Å². The average Bonchev–Trinajstić information content (AvgIpc) is 2.54. The molecule has 0 saturated carbocycles. The van der Waals surface area contributed by atoms with Crippen LogP contribution < -0.4 is 0 Å². The van der Waals surface area contributed by atoms with E-state index in [-0.39, 0.29) is 0 Å². The van der Waals surface area contributed by atoms with E-state index in [1.54, 1.807) is 11.1 Å². The lowest BCUT2D eigenvalue weighted by Gasteiger charge is -2.18. The molecule has 0 spiro atoms. The van der Waals surface area contributed by atoms with E-state index in [1.807, 2.05) is 0 Å². The Labute approximate surface area is 130 Å². The summed E-state index contributed by atoms with van der Waals surface area (Å²) in [6, 6.07) is 18.0. The largest absolute Gasteiger partial charge is 0.631 e. The van der Waals surface area contributed by atoms with Gasteiger partial charge in [-0.3, -0.25) is 0 Å². The Kier molecular flexibility index (Phi) is 4.43. The molecular weight excluding hydrogens is 275 g/mol. The molecule has 3 N–H and O–H groups in total. The van der Waals surface area contributed by atoms with Crippen LogP contribution in [0, 0.1) is 0 Å². The molecule has 0 amide bonds. The van der Waals surface area contributed by atoms with Gasteiger partial charge >= 0.3 is 7.32 Å². The topological polar surface area (TPSA) is 60.7 Å². The lowest BCUT2D eigenvalue weighted by molar-refractivity contribution is 0.278. The molecule has 0 saturated heterocycles. The number of hydrogen-bond acceptors (Lipinski definition) is 3. The van der Waals surface area contributed by atoms with E-state index in [9.17, 15) is 0 Å². The van der Waals surface area contributed by atoms with Crippen molar-refractivity contribution in [1.29, 1.82) is 0 Å². The Morgan fingerprint density at radius 2 is 1.36 bits per heavy atom. The van der Waals surface area contributed by atoms with Crippen LogP contribution in [0.15, 0.2) is 48.5 Å². The minimum absolute atomic E-state index is 1.25. The zero-order valence-corrected chi connectivity index (χ0v) is 12.4. The highest BCUT2D eigenvalue weighted by atomic mass is 16.5. The molecule has 0 unspecified atom stereocenters. The third-order valence-electron chi connectivity index (χ3n) is 4.26. The summed E-state index contributed by atoms with van der Waals surface area (Å²) in [7, 11) is -2.17. The van der Waals surface area contributed by atoms with Gasteiger partial charge in [0.2, 0.25) is 0 Å². The van der Waals surface area contributed by atoms with E-state index < -0.39 is 7.32 Å². The highest BCUT2D eigenvalue weighted by Crippen LogP contribution is 2.33. The van der Waals surface area contributed by atoms with Gasteiger partial charge in [-0.15, -0.1) is 0 Å². The summed E-state index contributed by atoms with van der Waals surface area (Å²) < 4.78 is 0. The normalized spacial score (nSPS) is 13.4. The Morgan fingerprint density at radius 1 is 0.682 bits per heavy atom. The second kappa shape index (κ2) is 6.49. The lowest BCUT2D eigenvalue weighted by Crippen LogP contribution is -2.07. The highest BCUT2D eigenvalue weighted by molar-refractivity contribution is 6.30. The maximum Gasteiger partial charge on any atom is 0.631 e. The van der Waals surface area contributed by atoms with Crippen LogP contribution >= 0.6 is 0 Å². The van der Waals surface area contributed by atoms with Crippen molar-refractivity contribution in [3.05, 3.63) is 59.7 Å². The summed E-state index contributed by atoms with van der Waals surface area (Å²) in [6.45, 7) is 0. The van der Waals surface area contributed by atoms with Crippen molar-refractivity contribution in [1.82, 2.24) is 0 Å². The third-order valence-corrected chi connectivity index (χ3v) is 4.26. The molecule has 1 aliphatic carbocycles. The van der Waals surface area contributed by atoms with E-state index in [1.165, 1.54) is 47.2 Å². The van der Waals surface area contributed by atoms with Crippen LogP contribution in [0.4, 0.5) is 0 Å². The number of aryl methyl sites for hydroxylation is 2. The van der Waals surface area contributed by atoms with Gasteiger partial charge in [0.25, 0.3) is 0 Å². The van der Waals surface area contributed by atoms with Crippen LogP contribution in [0.2, 0.25) is 0 Å². The van der Waals surface area contributed by atoms with Crippen LogP contribution in [0.3, 0.4) is 0 Å². The molecule has 0 aliphatic heterocycles. The fraction of sp³-hybridized carbons (Fsp3) is 0.222. The van der Waals surface area contributed by atoms with Crippen molar-refractivity contribution < 1.29 is 15.1 Å². The molecule has 0 heterocycles. The molecule has 22 heavy (non-hydrogen) atoms. The Hall–Kier alpha value is -1.88. The Morgan fingerprint density at radius 3 is 2.18 bits per heavy atom. The monoisotopic (exact) mass is 294 g/mol. The van der Waals surface area contributed by atoms with Crippen molar-refractivity contribution in [3.63, 3.8) is 0 Å². The smallest absolute Gasteiger partial charge is 0.402 e. The van der Waals surface area contributed by atoms with Crippen molar-refractivity contribution in [2.24, 2.45) is 0 Å². The van der Waals surface area contributed by atoms with Gasteiger partial charge in [-0.1, -0.05) is 48.5 Å². The van der Waals surface area contributed by atoms with Crippen molar-refractivity contribution in [3.8, 4) is 0 Å². The first-order valence-corrected chi connectivity index (χ1v) is 7.63. The van der Waals surface area contributed by atoms with Gasteiger partial charge in [-0.05, 0) is 58.4 Å². The highest BCUT2D eigenvalue weighted by Gasteiger charge is 2.13. The fourth-order valence-electron chi connectivity index (χ4n) is 3.34. The molecule has 112 valence electrons. The molecule has 4 heteroatoms. The molecule has 0 atom stereocenters. The first-order chi connectivity index (χ1) is 10.7. The maximum absolute atomic E-state index is 7.17. The van der Waals surface area contributed by atoms with E-state index in [2.05, 4.69) is 48.5 Å². The number of benzene rings is 3. The summed E-state index contributed by atoms with van der Waals surface area (Å²) in [5, 5.41) is 27.1. The Bertz CT molecular complexity index is 796. The van der Waals surface area contributed by atoms with Gasteiger partial charge in [0.15, 0.2) is 0 Å². The zero-order valence-electron chi connectivity index (χ0n) is 12.4. The Balaban J connectivity index is 0.000000325. The van der Waals surface area contributed by atoms with Crippen LogP contribution in [-0.2, 0) is 12.8 Å². The molecule has 3 aromatic rings. The average molecular weight is 294 g/mol. The van der Waals surface area contributed by atoms with Crippen LogP contribution in [0.25, 0.3) is 21.5 Å². The molecule has 4 rings (SSSR count). The second-order valence-electron chi connectivity index (χ2n) is 5.64. The summed E-state index contributed by atoms with van der Waals surface area (Å²) in [5.74, 6) is 0. The first-order valence-electron chi connectivity index (χ1n) is 7.63. The second-order valence-corrected chi connectivity index (χ2v) is 5.64. The van der Waals surface area contributed by atoms with Crippen LogP contribution in [0.5, 0.6) is 0 Å². The summed E-state index contributed by atoms with van der Waals surface area (Å²) >= 11 is 0. The third kappa shape index (κ3) is 3.00. The lowest BCUT2D eigenvalue weighted by atomic mass is 9.86. The van der Waals surface area contributed by atoms with Gasteiger partial charge in [-0.2, -0.15) is 0 Å². The first kappa shape index (κ1) is 15.0. The van der Waals surface area contributed by atoms with Crippen LogP contribution in [-0.4, -0.2) is 22.4 Å². The number of rotatable bonds is 0. The number of fused-ring (bicyclic) bond motifs is 5. The van der Waals surface area contributed by atoms with Crippen molar-refractivity contribution >= 4 is 28.9 Å². The van der Waals surface area contributed by atoms with E-state index >= 15 is 0 Å². The van der Waals surface area contributed by atoms with E-state index in [0.717, 1.165) is 0 Å². The standard InChI is InChI=1S/C18H16.BH3O3/c1-3-7-15-13(5-1)9-11-18-16-8-4-2-6-14(16)10-12-17(15)18;2-1(3)4/h1,3,5,7,9-12H,2,4,6,8H2;2-4H. The predicted octanol–water partition coefficient (Wildman–Crippen LogP) is 2.82. The van der Waals surface area contributed by atoms with E-state index in [0.29, 0.717) is 0 Å². The summed E-state index contributed by atoms with van der Waals surface area (Å²) in [4.78, 5) is 0. The zero-order chi connectivity index (χ0) is 15.5. The molecule has 0 radical (unpaired) electrons.